The van der Waals surface area contributed by atoms with E-state index in [0.29, 0.717) is 6.61 Å². The van der Waals surface area contributed by atoms with Crippen molar-refractivity contribution in [2.45, 2.75) is 17.6 Å². The van der Waals surface area contributed by atoms with Gasteiger partial charge >= 0.3 is 0 Å². The molecule has 0 atom stereocenters. The first-order valence-electron chi connectivity index (χ1n) is 6.43. The number of benzene rings is 1. The molecule has 2 aromatic rings. The minimum atomic E-state index is -3.57. The zero-order valence-corrected chi connectivity index (χ0v) is 13.2. The molecule has 0 fully saturated rings. The van der Waals surface area contributed by atoms with E-state index in [2.05, 4.69) is 9.93 Å². The smallest absolute Gasteiger partial charge is 0.286 e. The summed E-state index contributed by atoms with van der Waals surface area (Å²) in [5.74, 6) is 0.738. The zero-order valence-electron chi connectivity index (χ0n) is 11.5. The third-order valence-corrected chi connectivity index (χ3v) is 5.10. The van der Waals surface area contributed by atoms with Gasteiger partial charge in [0.1, 0.15) is 9.96 Å². The third-order valence-electron chi connectivity index (χ3n) is 2.48. The summed E-state index contributed by atoms with van der Waals surface area (Å²) in [6, 6.07) is 10.5. The molecule has 112 valence electrons. The third kappa shape index (κ3) is 4.57. The van der Waals surface area contributed by atoms with Gasteiger partial charge in [-0.2, -0.15) is 18.4 Å². The summed E-state index contributed by atoms with van der Waals surface area (Å²) in [6.07, 6.45) is 2.38. The van der Waals surface area contributed by atoms with Gasteiger partial charge in [-0.1, -0.05) is 25.1 Å². The fourth-order valence-corrected chi connectivity index (χ4v) is 3.31. The van der Waals surface area contributed by atoms with E-state index in [1.54, 1.807) is 17.5 Å². The van der Waals surface area contributed by atoms with Crippen molar-refractivity contribution in [1.82, 2.24) is 4.83 Å². The molecule has 21 heavy (non-hydrogen) atoms. The summed E-state index contributed by atoms with van der Waals surface area (Å²) in [5.41, 5.74) is 0.762. The maximum atomic E-state index is 11.9. The maximum Gasteiger partial charge on any atom is 0.286 e. The largest absolute Gasteiger partial charge is 0.494 e. The molecule has 0 saturated heterocycles. The summed E-state index contributed by atoms with van der Waals surface area (Å²) in [4.78, 5) is 2.18. The number of rotatable bonds is 7. The van der Waals surface area contributed by atoms with Gasteiger partial charge in [0, 0.05) is 0 Å². The van der Waals surface area contributed by atoms with Crippen molar-refractivity contribution in [3.8, 4) is 5.75 Å². The highest BCUT2D eigenvalue weighted by Crippen LogP contribution is 2.15. The molecule has 1 heterocycles. The molecule has 0 aliphatic heterocycles. The first-order chi connectivity index (χ1) is 10.1. The summed E-state index contributed by atoms with van der Waals surface area (Å²) in [5, 5.41) is 5.48. The normalized spacial score (nSPS) is 11.7. The minimum absolute atomic E-state index is 0.236. The predicted molar refractivity (Wildman–Crippen MR) is 84.5 cm³/mol. The molecule has 7 heteroatoms. The lowest BCUT2D eigenvalue weighted by Crippen LogP contribution is -2.17. The molecular formula is C14H16N2O3S2. The van der Waals surface area contributed by atoms with Gasteiger partial charge in [0.2, 0.25) is 0 Å². The zero-order chi connectivity index (χ0) is 15.1. The fraction of sp³-hybridized carbons (Fsp3) is 0.214. The Morgan fingerprint density at radius 3 is 2.90 bits per heavy atom. The second kappa shape index (κ2) is 7.24. The second-order valence-electron chi connectivity index (χ2n) is 4.21. The van der Waals surface area contributed by atoms with Crippen molar-refractivity contribution in [3.05, 3.63) is 47.3 Å². The second-order valence-corrected chi connectivity index (χ2v) is 7.04. The van der Waals surface area contributed by atoms with Gasteiger partial charge in [0.05, 0.1) is 12.8 Å². The van der Waals surface area contributed by atoms with Crippen LogP contribution < -0.4 is 9.57 Å². The highest BCUT2D eigenvalue weighted by Gasteiger charge is 2.12. The quantitative estimate of drug-likeness (QED) is 0.629. The molecule has 2 rings (SSSR count). The summed E-state index contributed by atoms with van der Waals surface area (Å²) < 4.78 is 29.4. The molecule has 0 amide bonds. The van der Waals surface area contributed by atoms with E-state index in [9.17, 15) is 8.42 Å². The van der Waals surface area contributed by atoms with Crippen molar-refractivity contribution < 1.29 is 13.2 Å². The summed E-state index contributed by atoms with van der Waals surface area (Å²) in [7, 11) is -3.57. The Morgan fingerprint density at radius 1 is 1.33 bits per heavy atom. The fourth-order valence-electron chi connectivity index (χ4n) is 1.54. The molecule has 1 N–H and O–H groups in total. The average Bonchev–Trinajstić information content (AvgIpc) is 3.00. The molecule has 0 radical (unpaired) electrons. The number of thiophene rings is 1. The van der Waals surface area contributed by atoms with E-state index >= 15 is 0 Å². The molecule has 0 aliphatic carbocycles. The Labute approximate surface area is 128 Å². The Hall–Kier alpha value is -1.86. The number of nitrogens with one attached hydrogen (secondary N) is 1. The number of hydrogen-bond acceptors (Lipinski definition) is 5. The first-order valence-corrected chi connectivity index (χ1v) is 8.79. The highest BCUT2D eigenvalue weighted by atomic mass is 32.2. The van der Waals surface area contributed by atoms with Crippen LogP contribution in [0.3, 0.4) is 0 Å². The first kappa shape index (κ1) is 15.5. The summed E-state index contributed by atoms with van der Waals surface area (Å²) >= 11 is 1.14. The summed E-state index contributed by atoms with van der Waals surface area (Å²) in [6.45, 7) is 2.68. The van der Waals surface area contributed by atoms with Crippen molar-refractivity contribution in [1.29, 1.82) is 0 Å². The molecular weight excluding hydrogens is 308 g/mol. The van der Waals surface area contributed by atoms with E-state index < -0.39 is 10.0 Å². The standard InChI is InChI=1S/C14H16N2O3S2/c1-2-8-19-13-6-3-5-12(10-13)11-15-16-21(17,18)14-7-4-9-20-14/h3-7,9-11,16H,2,8H2,1H3/b15-11+. The number of hydrazone groups is 1. The number of nitrogens with zero attached hydrogens (tertiary/aromatic N) is 1. The van der Waals surface area contributed by atoms with Gasteiger partial charge in [0.15, 0.2) is 0 Å². The van der Waals surface area contributed by atoms with E-state index in [1.807, 2.05) is 25.1 Å². The molecule has 0 unspecified atom stereocenters. The lowest BCUT2D eigenvalue weighted by atomic mass is 10.2. The van der Waals surface area contributed by atoms with Crippen LogP contribution in [0.5, 0.6) is 5.75 Å². The van der Waals surface area contributed by atoms with Crippen molar-refractivity contribution >= 4 is 27.6 Å². The molecule has 5 nitrogen and oxygen atoms in total. The van der Waals surface area contributed by atoms with Crippen LogP contribution in [0.15, 0.2) is 51.1 Å². The van der Waals surface area contributed by atoms with Gasteiger partial charge < -0.3 is 4.74 Å². The Balaban J connectivity index is 2.01. The Morgan fingerprint density at radius 2 is 2.19 bits per heavy atom. The van der Waals surface area contributed by atoms with Crippen LogP contribution in [0.1, 0.15) is 18.9 Å². The van der Waals surface area contributed by atoms with Gasteiger partial charge in [-0.3, -0.25) is 0 Å². The van der Waals surface area contributed by atoms with Crippen LogP contribution in [0.25, 0.3) is 0 Å². The van der Waals surface area contributed by atoms with Crippen LogP contribution in [0.2, 0.25) is 0 Å². The SMILES string of the molecule is CCCOc1cccc(/C=N/NS(=O)(=O)c2cccs2)c1. The van der Waals surface area contributed by atoms with Crippen LogP contribution in [-0.2, 0) is 10.0 Å². The molecule has 0 spiro atoms. The van der Waals surface area contributed by atoms with Crippen molar-refractivity contribution in [2.75, 3.05) is 6.61 Å². The van der Waals surface area contributed by atoms with Crippen molar-refractivity contribution in [3.63, 3.8) is 0 Å². The predicted octanol–water partition coefficient (Wildman–Crippen LogP) is 2.85. The van der Waals surface area contributed by atoms with Crippen LogP contribution in [-0.4, -0.2) is 21.2 Å². The van der Waals surface area contributed by atoms with E-state index in [-0.39, 0.29) is 4.21 Å². The topological polar surface area (TPSA) is 67.8 Å². The minimum Gasteiger partial charge on any atom is -0.494 e. The number of hydrogen-bond donors (Lipinski definition) is 1. The lowest BCUT2D eigenvalue weighted by Gasteiger charge is -2.04. The van der Waals surface area contributed by atoms with Crippen LogP contribution >= 0.6 is 11.3 Å². The van der Waals surface area contributed by atoms with Crippen LogP contribution in [0, 0.1) is 0 Å². The molecule has 0 saturated carbocycles. The van der Waals surface area contributed by atoms with Crippen molar-refractivity contribution in [2.24, 2.45) is 5.10 Å². The highest BCUT2D eigenvalue weighted by molar-refractivity contribution is 7.91. The van der Waals surface area contributed by atoms with Gasteiger partial charge in [0.25, 0.3) is 10.0 Å². The van der Waals surface area contributed by atoms with Gasteiger partial charge in [-0.05, 0) is 35.6 Å². The average molecular weight is 324 g/mol. The lowest BCUT2D eigenvalue weighted by molar-refractivity contribution is 0.317. The van der Waals surface area contributed by atoms with E-state index in [1.165, 1.54) is 12.3 Å². The van der Waals surface area contributed by atoms with E-state index in [0.717, 1.165) is 29.1 Å². The molecule has 0 aliphatic rings. The van der Waals surface area contributed by atoms with Gasteiger partial charge in [-0.25, -0.2) is 0 Å². The van der Waals surface area contributed by atoms with Crippen LogP contribution in [0.4, 0.5) is 0 Å². The maximum absolute atomic E-state index is 11.9. The molecule has 1 aromatic heterocycles. The van der Waals surface area contributed by atoms with Gasteiger partial charge in [-0.15, -0.1) is 11.3 Å². The monoisotopic (exact) mass is 324 g/mol. The molecule has 0 bridgehead atoms. The Kier molecular flexibility index (Phi) is 5.35. The molecule has 1 aromatic carbocycles. The number of ether oxygens (including phenoxy) is 1. The van der Waals surface area contributed by atoms with E-state index in [4.69, 9.17) is 4.74 Å². The number of sulfonamides is 1. The Bertz CT molecular complexity index is 695.